The Morgan fingerprint density at radius 1 is 1.42 bits per heavy atom. The number of hydrogen-bond acceptors (Lipinski definition) is 1. The highest BCUT2D eigenvalue weighted by Crippen LogP contribution is 2.30. The summed E-state index contributed by atoms with van der Waals surface area (Å²) >= 11 is 0. The van der Waals surface area contributed by atoms with Crippen LogP contribution in [0.25, 0.3) is 10.9 Å². The summed E-state index contributed by atoms with van der Waals surface area (Å²) in [5, 5.41) is 4.55. The average Bonchev–Trinajstić information content (AvgIpc) is 2.66. The van der Waals surface area contributed by atoms with Crippen molar-refractivity contribution in [2.75, 3.05) is 13.1 Å². The number of rotatable bonds is 2. The van der Waals surface area contributed by atoms with E-state index in [1.165, 1.54) is 24.1 Å². The first-order valence-electron chi connectivity index (χ1n) is 7.11. The fourth-order valence-corrected chi connectivity index (χ4v) is 3.31. The Morgan fingerprint density at radius 3 is 3.00 bits per heavy atom. The van der Waals surface area contributed by atoms with Crippen LogP contribution in [0.5, 0.6) is 0 Å². The second-order valence-electron chi connectivity index (χ2n) is 5.68. The number of aromatic nitrogens is 1. The lowest BCUT2D eigenvalue weighted by Crippen LogP contribution is -2.30. The monoisotopic (exact) mass is 260 g/mol. The van der Waals surface area contributed by atoms with Gasteiger partial charge in [-0.15, -0.1) is 0 Å². The van der Waals surface area contributed by atoms with Gasteiger partial charge in [0, 0.05) is 18.1 Å². The van der Waals surface area contributed by atoms with Crippen molar-refractivity contribution in [3.8, 4) is 0 Å². The molecule has 0 bridgehead atoms. The number of aryl methyl sites for hydroxylation is 1. The second-order valence-corrected chi connectivity index (χ2v) is 5.68. The molecule has 0 aliphatic carbocycles. The first kappa shape index (κ1) is 12.7. The summed E-state index contributed by atoms with van der Waals surface area (Å²) in [6.45, 7) is 4.33. The van der Waals surface area contributed by atoms with E-state index in [0.717, 1.165) is 30.4 Å². The molecule has 1 N–H and O–H groups in total. The number of hydrogen-bond donors (Lipinski definition) is 1. The molecule has 3 rings (SSSR count). The third kappa shape index (κ3) is 2.16. The maximum atomic E-state index is 14.0. The normalized spacial score (nSPS) is 20.1. The lowest BCUT2D eigenvalue weighted by atomic mass is 9.91. The van der Waals surface area contributed by atoms with Crippen LogP contribution in [0.2, 0.25) is 0 Å². The Hall–Kier alpha value is -1.35. The van der Waals surface area contributed by atoms with E-state index in [0.29, 0.717) is 5.92 Å². The van der Waals surface area contributed by atoms with E-state index in [2.05, 4.69) is 18.3 Å². The summed E-state index contributed by atoms with van der Waals surface area (Å²) < 4.78 is 16.0. The molecule has 0 spiro atoms. The SMILES string of the molecule is Cc1c(CC2CCCNC2)c2cccc(F)c2n1C. The fourth-order valence-electron chi connectivity index (χ4n) is 3.31. The molecule has 3 heteroatoms. The van der Waals surface area contributed by atoms with E-state index in [1.807, 2.05) is 17.7 Å². The van der Waals surface area contributed by atoms with E-state index in [-0.39, 0.29) is 5.82 Å². The van der Waals surface area contributed by atoms with E-state index in [4.69, 9.17) is 0 Å². The van der Waals surface area contributed by atoms with Crippen molar-refractivity contribution >= 4 is 10.9 Å². The van der Waals surface area contributed by atoms with E-state index >= 15 is 0 Å². The molecule has 2 aromatic rings. The van der Waals surface area contributed by atoms with Crippen LogP contribution >= 0.6 is 0 Å². The molecule has 0 saturated carbocycles. The molecule has 0 radical (unpaired) electrons. The number of para-hydroxylation sites is 1. The van der Waals surface area contributed by atoms with Gasteiger partial charge in [0.25, 0.3) is 0 Å². The highest BCUT2D eigenvalue weighted by Gasteiger charge is 2.20. The summed E-state index contributed by atoms with van der Waals surface area (Å²) in [7, 11) is 1.96. The number of fused-ring (bicyclic) bond motifs is 1. The largest absolute Gasteiger partial charge is 0.345 e. The molecule has 1 aromatic heterocycles. The summed E-state index contributed by atoms with van der Waals surface area (Å²) in [5.74, 6) is 0.567. The Labute approximate surface area is 113 Å². The third-order valence-electron chi connectivity index (χ3n) is 4.48. The van der Waals surface area contributed by atoms with Crippen LogP contribution in [0.15, 0.2) is 18.2 Å². The van der Waals surface area contributed by atoms with Crippen LogP contribution in [-0.4, -0.2) is 17.7 Å². The summed E-state index contributed by atoms with van der Waals surface area (Å²) in [5.41, 5.74) is 3.27. The van der Waals surface area contributed by atoms with Crippen molar-refractivity contribution < 1.29 is 4.39 Å². The molecule has 1 unspecified atom stereocenters. The van der Waals surface area contributed by atoms with Gasteiger partial charge < -0.3 is 9.88 Å². The van der Waals surface area contributed by atoms with Crippen LogP contribution in [0.3, 0.4) is 0 Å². The number of piperidine rings is 1. The molecule has 0 amide bonds. The van der Waals surface area contributed by atoms with Crippen molar-refractivity contribution in [1.82, 2.24) is 9.88 Å². The van der Waals surface area contributed by atoms with Crippen LogP contribution in [0, 0.1) is 18.7 Å². The van der Waals surface area contributed by atoms with Crippen molar-refractivity contribution in [3.63, 3.8) is 0 Å². The topological polar surface area (TPSA) is 17.0 Å². The molecule has 1 atom stereocenters. The fraction of sp³-hybridized carbons (Fsp3) is 0.500. The van der Waals surface area contributed by atoms with E-state index in [1.54, 1.807) is 6.07 Å². The number of nitrogens with one attached hydrogen (secondary N) is 1. The summed E-state index contributed by atoms with van der Waals surface area (Å²) in [6, 6.07) is 5.42. The molecule has 1 aliphatic heterocycles. The standard InChI is InChI=1S/C16H21FN2/c1-11-14(9-12-5-4-8-18-10-12)13-6-3-7-15(17)16(13)19(11)2/h3,6-7,12,18H,4-5,8-10H2,1-2H3. The van der Waals surface area contributed by atoms with Crippen molar-refractivity contribution in [1.29, 1.82) is 0 Å². The van der Waals surface area contributed by atoms with Crippen LogP contribution in [0.1, 0.15) is 24.1 Å². The smallest absolute Gasteiger partial charge is 0.147 e. The molecular weight excluding hydrogens is 239 g/mol. The van der Waals surface area contributed by atoms with E-state index in [9.17, 15) is 4.39 Å². The number of nitrogens with zero attached hydrogens (tertiary/aromatic N) is 1. The molecule has 2 heterocycles. The lowest BCUT2D eigenvalue weighted by molar-refractivity contribution is 0.376. The van der Waals surface area contributed by atoms with Gasteiger partial charge in [0.05, 0.1) is 5.52 Å². The zero-order valence-corrected chi connectivity index (χ0v) is 11.7. The number of halogens is 1. The first-order chi connectivity index (χ1) is 9.18. The zero-order valence-electron chi connectivity index (χ0n) is 11.7. The Kier molecular flexibility index (Phi) is 3.31. The minimum absolute atomic E-state index is 0.115. The molecule has 19 heavy (non-hydrogen) atoms. The highest BCUT2D eigenvalue weighted by atomic mass is 19.1. The minimum Gasteiger partial charge on any atom is -0.345 e. The van der Waals surface area contributed by atoms with Gasteiger partial charge >= 0.3 is 0 Å². The lowest BCUT2D eigenvalue weighted by Gasteiger charge is -2.22. The van der Waals surface area contributed by atoms with Gasteiger partial charge in [-0.25, -0.2) is 4.39 Å². The molecule has 102 valence electrons. The third-order valence-corrected chi connectivity index (χ3v) is 4.48. The predicted octanol–water partition coefficient (Wildman–Crippen LogP) is 3.17. The maximum Gasteiger partial charge on any atom is 0.147 e. The molecule has 1 saturated heterocycles. The Bertz CT molecular complexity index is 594. The van der Waals surface area contributed by atoms with Crippen LogP contribution in [-0.2, 0) is 13.5 Å². The first-order valence-corrected chi connectivity index (χ1v) is 7.11. The quantitative estimate of drug-likeness (QED) is 0.877. The summed E-state index contributed by atoms with van der Waals surface area (Å²) in [6.07, 6.45) is 3.58. The van der Waals surface area contributed by atoms with Crippen LogP contribution < -0.4 is 5.32 Å². The number of benzene rings is 1. The van der Waals surface area contributed by atoms with Crippen molar-refractivity contribution in [3.05, 3.63) is 35.3 Å². The molecule has 1 aromatic carbocycles. The van der Waals surface area contributed by atoms with Gasteiger partial charge in [0.15, 0.2) is 0 Å². The van der Waals surface area contributed by atoms with Gasteiger partial charge in [-0.1, -0.05) is 12.1 Å². The molecule has 1 aliphatic rings. The highest BCUT2D eigenvalue weighted by molar-refractivity contribution is 5.86. The summed E-state index contributed by atoms with van der Waals surface area (Å²) in [4.78, 5) is 0. The predicted molar refractivity (Wildman–Crippen MR) is 76.9 cm³/mol. The molecule has 1 fully saturated rings. The minimum atomic E-state index is -0.115. The average molecular weight is 260 g/mol. The van der Waals surface area contributed by atoms with Gasteiger partial charge in [0.1, 0.15) is 5.82 Å². The zero-order chi connectivity index (χ0) is 13.4. The Balaban J connectivity index is 2.03. The molecule has 2 nitrogen and oxygen atoms in total. The maximum absolute atomic E-state index is 14.0. The van der Waals surface area contributed by atoms with Crippen molar-refractivity contribution in [2.24, 2.45) is 13.0 Å². The molecular formula is C16H21FN2. The Morgan fingerprint density at radius 2 is 2.26 bits per heavy atom. The van der Waals surface area contributed by atoms with Crippen LogP contribution in [0.4, 0.5) is 4.39 Å². The van der Waals surface area contributed by atoms with E-state index < -0.39 is 0 Å². The van der Waals surface area contributed by atoms with Gasteiger partial charge in [-0.05, 0) is 56.8 Å². The van der Waals surface area contributed by atoms with Gasteiger partial charge in [-0.2, -0.15) is 0 Å². The second kappa shape index (κ2) is 4.97. The van der Waals surface area contributed by atoms with Gasteiger partial charge in [-0.3, -0.25) is 0 Å². The van der Waals surface area contributed by atoms with Crippen molar-refractivity contribution in [2.45, 2.75) is 26.2 Å². The van der Waals surface area contributed by atoms with Gasteiger partial charge in [0.2, 0.25) is 0 Å².